The second kappa shape index (κ2) is 6.26. The van der Waals surface area contributed by atoms with Gasteiger partial charge in [-0.3, -0.25) is 14.6 Å². The van der Waals surface area contributed by atoms with Gasteiger partial charge in [-0.05, 0) is 30.2 Å². The monoisotopic (exact) mass is 334 g/mol. The van der Waals surface area contributed by atoms with Crippen molar-refractivity contribution < 1.29 is 9.59 Å². The summed E-state index contributed by atoms with van der Waals surface area (Å²) in [6.07, 6.45) is 2.17. The first kappa shape index (κ1) is 15.3. The van der Waals surface area contributed by atoms with Gasteiger partial charge in [-0.1, -0.05) is 23.4 Å². The zero-order valence-electron chi connectivity index (χ0n) is 12.1. The molecule has 1 saturated heterocycles. The highest BCUT2D eigenvalue weighted by molar-refractivity contribution is 8.13. The lowest BCUT2D eigenvalue weighted by molar-refractivity contribution is -0.117. The highest BCUT2D eigenvalue weighted by Gasteiger charge is 2.32. The molecule has 4 nitrogen and oxygen atoms in total. The summed E-state index contributed by atoms with van der Waals surface area (Å²) in [5.41, 5.74) is 1.55. The second-order valence-corrected chi connectivity index (χ2v) is 6.95. The molecular formula is C16H15ClN2O2S. The highest BCUT2D eigenvalue weighted by atomic mass is 35.5. The molecule has 0 aliphatic carbocycles. The van der Waals surface area contributed by atoms with Crippen LogP contribution >= 0.6 is 23.4 Å². The Kier molecular flexibility index (Phi) is 4.36. The number of rotatable bonds is 3. The minimum absolute atomic E-state index is 0.0485. The van der Waals surface area contributed by atoms with Crippen molar-refractivity contribution in [3.63, 3.8) is 0 Å². The van der Waals surface area contributed by atoms with Crippen LogP contribution in [-0.2, 0) is 9.59 Å². The number of hydrogen-bond donors (Lipinski definition) is 0. The van der Waals surface area contributed by atoms with Gasteiger partial charge in [0.2, 0.25) is 5.91 Å². The number of thioether (sulfide) groups is 1. The van der Waals surface area contributed by atoms with E-state index in [1.807, 2.05) is 18.2 Å². The van der Waals surface area contributed by atoms with E-state index in [9.17, 15) is 9.59 Å². The quantitative estimate of drug-likeness (QED) is 0.861. The Labute approximate surface area is 137 Å². The number of benzene rings is 1. The molecule has 1 unspecified atom stereocenters. The number of carbonyl (C=O) groups is 2. The molecule has 6 heteroatoms. The van der Waals surface area contributed by atoms with Gasteiger partial charge in [-0.2, -0.15) is 0 Å². The van der Waals surface area contributed by atoms with Gasteiger partial charge in [-0.15, -0.1) is 0 Å². The van der Waals surface area contributed by atoms with Crippen molar-refractivity contribution in [2.75, 3.05) is 17.2 Å². The molecule has 22 heavy (non-hydrogen) atoms. The van der Waals surface area contributed by atoms with E-state index in [4.69, 9.17) is 11.6 Å². The number of anilines is 1. The number of carbonyl (C=O) groups excluding carboxylic acids is 2. The van der Waals surface area contributed by atoms with Crippen molar-refractivity contribution in [3.8, 4) is 0 Å². The van der Waals surface area contributed by atoms with Crippen LogP contribution in [0.3, 0.4) is 0 Å². The molecule has 0 radical (unpaired) electrons. The van der Waals surface area contributed by atoms with E-state index in [2.05, 4.69) is 4.98 Å². The Morgan fingerprint density at radius 3 is 3.05 bits per heavy atom. The summed E-state index contributed by atoms with van der Waals surface area (Å²) in [5.74, 6) is 0.884. The summed E-state index contributed by atoms with van der Waals surface area (Å²) in [6, 6.07) is 7.39. The van der Waals surface area contributed by atoms with Crippen LogP contribution in [0.5, 0.6) is 0 Å². The molecule has 1 atom stereocenters. The molecule has 0 spiro atoms. The maximum Gasteiger partial charge on any atom is 0.227 e. The molecule has 0 N–H and O–H groups in total. The van der Waals surface area contributed by atoms with Crippen molar-refractivity contribution in [1.29, 1.82) is 0 Å². The van der Waals surface area contributed by atoms with Crippen molar-refractivity contribution in [1.82, 2.24) is 4.98 Å². The van der Waals surface area contributed by atoms with E-state index in [-0.39, 0.29) is 16.9 Å². The number of amides is 1. The van der Waals surface area contributed by atoms with E-state index in [1.165, 1.54) is 11.8 Å². The van der Waals surface area contributed by atoms with Crippen LogP contribution in [0.2, 0.25) is 5.02 Å². The van der Waals surface area contributed by atoms with Crippen molar-refractivity contribution >= 4 is 51.0 Å². The Morgan fingerprint density at radius 2 is 2.27 bits per heavy atom. The summed E-state index contributed by atoms with van der Waals surface area (Å²) in [7, 11) is 0. The molecule has 0 saturated carbocycles. The Bertz CT molecular complexity index is 750. The standard InChI is InChI=1S/C16H15ClN2O2S/c1-10(20)22-9-11-7-15(21)19(8-11)16-12-3-2-6-18-14(12)5-4-13(16)17/h2-6,11H,7-9H2,1H3. The van der Waals surface area contributed by atoms with Crippen LogP contribution in [0.4, 0.5) is 5.69 Å². The average Bonchev–Trinajstić information content (AvgIpc) is 2.86. The summed E-state index contributed by atoms with van der Waals surface area (Å²) >= 11 is 7.62. The normalized spacial score (nSPS) is 18.2. The fourth-order valence-corrected chi connectivity index (χ4v) is 3.69. The fourth-order valence-electron chi connectivity index (χ4n) is 2.73. The number of halogens is 1. The van der Waals surface area contributed by atoms with Crippen molar-refractivity contribution in [3.05, 3.63) is 35.5 Å². The zero-order chi connectivity index (χ0) is 15.7. The van der Waals surface area contributed by atoms with Crippen LogP contribution < -0.4 is 4.90 Å². The third kappa shape index (κ3) is 2.96. The van der Waals surface area contributed by atoms with Crippen LogP contribution in [0.15, 0.2) is 30.5 Å². The summed E-state index contributed by atoms with van der Waals surface area (Å²) in [6.45, 7) is 2.14. The molecule has 0 bridgehead atoms. The predicted octanol–water partition coefficient (Wildman–Crippen LogP) is 3.52. The van der Waals surface area contributed by atoms with Crippen LogP contribution in [0.25, 0.3) is 10.9 Å². The molecule has 2 aromatic rings. The minimum Gasteiger partial charge on any atom is -0.310 e. The summed E-state index contributed by atoms with van der Waals surface area (Å²) in [4.78, 5) is 29.5. The lowest BCUT2D eigenvalue weighted by atomic mass is 10.1. The van der Waals surface area contributed by atoms with Gasteiger partial charge < -0.3 is 4.90 Å². The number of nitrogens with zero attached hydrogens (tertiary/aromatic N) is 2. The van der Waals surface area contributed by atoms with Crippen molar-refractivity contribution in [2.24, 2.45) is 5.92 Å². The zero-order valence-corrected chi connectivity index (χ0v) is 13.7. The molecule has 2 heterocycles. The van der Waals surface area contributed by atoms with E-state index in [0.29, 0.717) is 23.7 Å². The highest BCUT2D eigenvalue weighted by Crippen LogP contribution is 2.37. The largest absolute Gasteiger partial charge is 0.310 e. The minimum atomic E-state index is 0.0485. The Hall–Kier alpha value is -1.59. The van der Waals surface area contributed by atoms with Crippen LogP contribution in [-0.4, -0.2) is 28.3 Å². The Balaban J connectivity index is 1.93. The molecule has 1 aromatic carbocycles. The van der Waals surface area contributed by atoms with Gasteiger partial charge in [0.05, 0.1) is 16.2 Å². The first-order valence-electron chi connectivity index (χ1n) is 7.03. The first-order chi connectivity index (χ1) is 10.6. The topological polar surface area (TPSA) is 50.3 Å². The maximum atomic E-state index is 12.4. The molecule has 114 valence electrons. The van der Waals surface area contributed by atoms with E-state index in [0.717, 1.165) is 16.6 Å². The number of fused-ring (bicyclic) bond motifs is 1. The molecular weight excluding hydrogens is 320 g/mol. The molecule has 1 aromatic heterocycles. The lowest BCUT2D eigenvalue weighted by Gasteiger charge is -2.20. The summed E-state index contributed by atoms with van der Waals surface area (Å²) < 4.78 is 0. The fraction of sp³-hybridized carbons (Fsp3) is 0.312. The van der Waals surface area contributed by atoms with Crippen molar-refractivity contribution in [2.45, 2.75) is 13.3 Å². The van der Waals surface area contributed by atoms with Gasteiger partial charge in [0.15, 0.2) is 5.12 Å². The van der Waals surface area contributed by atoms with E-state index >= 15 is 0 Å². The molecule has 1 aliphatic heterocycles. The number of hydrogen-bond acceptors (Lipinski definition) is 4. The smallest absolute Gasteiger partial charge is 0.227 e. The van der Waals surface area contributed by atoms with Gasteiger partial charge in [0.1, 0.15) is 0 Å². The predicted molar refractivity (Wildman–Crippen MR) is 90.4 cm³/mol. The molecule has 3 rings (SSSR count). The van der Waals surface area contributed by atoms with Gasteiger partial charge in [0.25, 0.3) is 0 Å². The Morgan fingerprint density at radius 1 is 1.45 bits per heavy atom. The maximum absolute atomic E-state index is 12.4. The number of pyridine rings is 1. The third-order valence-corrected chi connectivity index (χ3v) is 5.05. The molecule has 1 amide bonds. The number of aromatic nitrogens is 1. The lowest BCUT2D eigenvalue weighted by Crippen LogP contribution is -2.25. The third-order valence-electron chi connectivity index (χ3n) is 3.70. The van der Waals surface area contributed by atoms with E-state index < -0.39 is 0 Å². The molecule has 1 fully saturated rings. The van der Waals surface area contributed by atoms with E-state index in [1.54, 1.807) is 24.1 Å². The second-order valence-electron chi connectivity index (χ2n) is 5.34. The first-order valence-corrected chi connectivity index (χ1v) is 8.39. The van der Waals surface area contributed by atoms with Crippen LogP contribution in [0.1, 0.15) is 13.3 Å². The summed E-state index contributed by atoms with van der Waals surface area (Å²) in [5, 5.41) is 1.51. The van der Waals surface area contributed by atoms with Gasteiger partial charge in [-0.25, -0.2) is 0 Å². The molecule has 1 aliphatic rings. The van der Waals surface area contributed by atoms with Gasteiger partial charge >= 0.3 is 0 Å². The van der Waals surface area contributed by atoms with Gasteiger partial charge in [0, 0.05) is 37.2 Å². The SMILES string of the molecule is CC(=O)SCC1CC(=O)N(c2c(Cl)ccc3ncccc23)C1. The average molecular weight is 335 g/mol. The van der Waals surface area contributed by atoms with Crippen LogP contribution in [0, 0.1) is 5.92 Å².